The Labute approximate surface area is 140 Å². The van der Waals surface area contributed by atoms with Gasteiger partial charge in [-0.3, -0.25) is 0 Å². The fourth-order valence-corrected chi connectivity index (χ4v) is 3.45. The summed E-state index contributed by atoms with van der Waals surface area (Å²) >= 11 is 0. The van der Waals surface area contributed by atoms with Gasteiger partial charge in [0.2, 0.25) is 6.79 Å². The fourth-order valence-electron chi connectivity index (χ4n) is 3.45. The molecular formula is C19H20FNO3. The standard InChI is InChI=1S/C19H20FNO3/c20-17-4-2-1-3-16(17)15-7-8-21-10-13(15)11-22-14-5-6-18-19(9-14)24-12-23-18/h1-6,9,13,15,21H,7-8,10-12H2. The van der Waals surface area contributed by atoms with E-state index < -0.39 is 0 Å². The molecule has 4 nitrogen and oxygen atoms in total. The van der Waals surface area contributed by atoms with Gasteiger partial charge in [-0.05, 0) is 42.6 Å². The van der Waals surface area contributed by atoms with Crippen molar-refractivity contribution in [3.8, 4) is 17.2 Å². The van der Waals surface area contributed by atoms with Crippen LogP contribution in [-0.2, 0) is 0 Å². The molecule has 1 N–H and O–H groups in total. The zero-order valence-corrected chi connectivity index (χ0v) is 13.3. The van der Waals surface area contributed by atoms with Gasteiger partial charge >= 0.3 is 0 Å². The van der Waals surface area contributed by atoms with E-state index in [0.717, 1.165) is 36.6 Å². The number of nitrogens with one attached hydrogen (secondary N) is 1. The summed E-state index contributed by atoms with van der Waals surface area (Å²) in [6, 6.07) is 12.6. The Kier molecular flexibility index (Phi) is 4.26. The van der Waals surface area contributed by atoms with Crippen molar-refractivity contribution in [2.24, 2.45) is 5.92 Å². The molecule has 0 radical (unpaired) electrons. The molecule has 0 aromatic heterocycles. The summed E-state index contributed by atoms with van der Waals surface area (Å²) < 4.78 is 30.8. The van der Waals surface area contributed by atoms with Crippen molar-refractivity contribution in [2.75, 3.05) is 26.5 Å². The average Bonchev–Trinajstić information content (AvgIpc) is 3.08. The Morgan fingerprint density at radius 3 is 2.92 bits per heavy atom. The number of ether oxygens (including phenoxy) is 3. The number of halogens is 1. The van der Waals surface area contributed by atoms with E-state index in [9.17, 15) is 4.39 Å². The normalized spacial score (nSPS) is 22.4. The summed E-state index contributed by atoms with van der Waals surface area (Å²) in [7, 11) is 0. The lowest BCUT2D eigenvalue weighted by Gasteiger charge is -2.32. The lowest BCUT2D eigenvalue weighted by Crippen LogP contribution is -2.38. The smallest absolute Gasteiger partial charge is 0.231 e. The number of rotatable bonds is 4. The van der Waals surface area contributed by atoms with Crippen LogP contribution in [0.3, 0.4) is 0 Å². The molecule has 1 saturated heterocycles. The third-order valence-electron chi connectivity index (χ3n) is 4.72. The van der Waals surface area contributed by atoms with Crippen molar-refractivity contribution in [2.45, 2.75) is 12.3 Å². The van der Waals surface area contributed by atoms with Gasteiger partial charge in [0, 0.05) is 18.5 Å². The van der Waals surface area contributed by atoms with Crippen molar-refractivity contribution in [3.63, 3.8) is 0 Å². The number of fused-ring (bicyclic) bond motifs is 1. The van der Waals surface area contributed by atoms with Crippen LogP contribution in [0.5, 0.6) is 17.2 Å². The second-order valence-electron chi connectivity index (χ2n) is 6.21. The van der Waals surface area contributed by atoms with E-state index in [-0.39, 0.29) is 24.4 Å². The van der Waals surface area contributed by atoms with Crippen LogP contribution >= 0.6 is 0 Å². The van der Waals surface area contributed by atoms with Crippen molar-refractivity contribution in [1.82, 2.24) is 5.32 Å². The zero-order valence-electron chi connectivity index (χ0n) is 13.3. The molecule has 24 heavy (non-hydrogen) atoms. The van der Waals surface area contributed by atoms with Crippen LogP contribution in [0.4, 0.5) is 4.39 Å². The molecule has 2 aliphatic rings. The lowest BCUT2D eigenvalue weighted by atomic mass is 9.81. The summed E-state index contributed by atoms with van der Waals surface area (Å²) in [5, 5.41) is 3.38. The van der Waals surface area contributed by atoms with E-state index in [1.807, 2.05) is 30.3 Å². The Balaban J connectivity index is 1.47. The second-order valence-corrected chi connectivity index (χ2v) is 6.21. The number of benzene rings is 2. The van der Waals surface area contributed by atoms with Crippen LogP contribution in [-0.4, -0.2) is 26.5 Å². The minimum absolute atomic E-state index is 0.127. The molecule has 4 rings (SSSR count). The minimum Gasteiger partial charge on any atom is -0.493 e. The van der Waals surface area contributed by atoms with Gasteiger partial charge in [-0.15, -0.1) is 0 Å². The Hall–Kier alpha value is -2.27. The predicted molar refractivity (Wildman–Crippen MR) is 88.2 cm³/mol. The largest absolute Gasteiger partial charge is 0.493 e. The van der Waals surface area contributed by atoms with Crippen molar-refractivity contribution in [1.29, 1.82) is 0 Å². The lowest BCUT2D eigenvalue weighted by molar-refractivity contribution is 0.173. The molecule has 0 bridgehead atoms. The molecule has 5 heteroatoms. The average molecular weight is 329 g/mol. The zero-order chi connectivity index (χ0) is 16.4. The van der Waals surface area contributed by atoms with Crippen molar-refractivity contribution in [3.05, 3.63) is 53.8 Å². The van der Waals surface area contributed by atoms with E-state index in [2.05, 4.69) is 5.32 Å². The van der Waals surface area contributed by atoms with Crippen LogP contribution in [0, 0.1) is 11.7 Å². The van der Waals surface area contributed by atoms with Gasteiger partial charge in [0.1, 0.15) is 11.6 Å². The van der Waals surface area contributed by atoms with E-state index in [4.69, 9.17) is 14.2 Å². The van der Waals surface area contributed by atoms with Crippen LogP contribution in [0.25, 0.3) is 0 Å². The predicted octanol–water partition coefficient (Wildman–Crippen LogP) is 3.33. The molecule has 2 aromatic carbocycles. The molecule has 0 spiro atoms. The summed E-state index contributed by atoms with van der Waals surface area (Å²) in [5.41, 5.74) is 0.790. The minimum atomic E-state index is -0.127. The first kappa shape index (κ1) is 15.3. The van der Waals surface area contributed by atoms with Crippen LogP contribution in [0.1, 0.15) is 17.9 Å². The number of hydrogen-bond donors (Lipinski definition) is 1. The summed E-state index contributed by atoms with van der Waals surface area (Å²) in [4.78, 5) is 0. The van der Waals surface area contributed by atoms with Crippen molar-refractivity contribution >= 4 is 0 Å². The van der Waals surface area contributed by atoms with Gasteiger partial charge in [-0.1, -0.05) is 18.2 Å². The highest BCUT2D eigenvalue weighted by molar-refractivity contribution is 5.46. The molecule has 1 fully saturated rings. The molecule has 0 saturated carbocycles. The summed E-state index contributed by atoms with van der Waals surface area (Å²) in [6.07, 6.45) is 0.913. The number of hydrogen-bond acceptors (Lipinski definition) is 4. The van der Waals surface area contributed by atoms with E-state index >= 15 is 0 Å². The topological polar surface area (TPSA) is 39.7 Å². The molecule has 2 aliphatic heterocycles. The van der Waals surface area contributed by atoms with Gasteiger partial charge in [0.05, 0.1) is 6.61 Å². The van der Waals surface area contributed by atoms with Crippen LogP contribution in [0.2, 0.25) is 0 Å². The van der Waals surface area contributed by atoms with Crippen LogP contribution in [0.15, 0.2) is 42.5 Å². The Bertz CT molecular complexity index is 722. The molecule has 2 unspecified atom stereocenters. The first-order valence-electron chi connectivity index (χ1n) is 8.29. The van der Waals surface area contributed by atoms with Gasteiger partial charge in [-0.2, -0.15) is 0 Å². The van der Waals surface area contributed by atoms with E-state index in [1.54, 1.807) is 6.07 Å². The summed E-state index contributed by atoms with van der Waals surface area (Å²) in [5.74, 6) is 2.46. The maximum atomic E-state index is 14.2. The molecule has 2 aromatic rings. The Morgan fingerprint density at radius 2 is 2.00 bits per heavy atom. The Morgan fingerprint density at radius 1 is 1.12 bits per heavy atom. The maximum absolute atomic E-state index is 14.2. The molecule has 2 heterocycles. The highest BCUT2D eigenvalue weighted by atomic mass is 19.1. The highest BCUT2D eigenvalue weighted by Gasteiger charge is 2.29. The van der Waals surface area contributed by atoms with Gasteiger partial charge in [-0.25, -0.2) is 4.39 Å². The monoisotopic (exact) mass is 329 g/mol. The molecular weight excluding hydrogens is 309 g/mol. The SMILES string of the molecule is Fc1ccccc1C1CCNCC1COc1ccc2c(c1)OCO2. The maximum Gasteiger partial charge on any atom is 0.231 e. The van der Waals surface area contributed by atoms with E-state index in [0.29, 0.717) is 12.4 Å². The molecule has 0 amide bonds. The van der Waals surface area contributed by atoms with Gasteiger partial charge in [0.25, 0.3) is 0 Å². The molecule has 2 atom stereocenters. The van der Waals surface area contributed by atoms with Crippen molar-refractivity contribution < 1.29 is 18.6 Å². The summed E-state index contributed by atoms with van der Waals surface area (Å²) in [6.45, 7) is 2.51. The van der Waals surface area contributed by atoms with Gasteiger partial charge in [0.15, 0.2) is 11.5 Å². The fraction of sp³-hybridized carbons (Fsp3) is 0.368. The second kappa shape index (κ2) is 6.69. The third-order valence-corrected chi connectivity index (χ3v) is 4.72. The molecule has 126 valence electrons. The third kappa shape index (κ3) is 3.04. The highest BCUT2D eigenvalue weighted by Crippen LogP contribution is 2.36. The van der Waals surface area contributed by atoms with Crippen LogP contribution < -0.4 is 19.5 Å². The molecule has 0 aliphatic carbocycles. The first-order chi connectivity index (χ1) is 11.8. The number of piperidine rings is 1. The first-order valence-corrected chi connectivity index (χ1v) is 8.29. The van der Waals surface area contributed by atoms with Gasteiger partial charge < -0.3 is 19.5 Å². The quantitative estimate of drug-likeness (QED) is 0.934. The van der Waals surface area contributed by atoms with E-state index in [1.165, 1.54) is 6.07 Å².